The van der Waals surface area contributed by atoms with Gasteiger partial charge in [0.2, 0.25) is 0 Å². The first-order valence-electron chi connectivity index (χ1n) is 11.2. The van der Waals surface area contributed by atoms with E-state index >= 15 is 0 Å². The van der Waals surface area contributed by atoms with E-state index in [1.165, 1.54) is 97.3 Å². The zero-order valence-electron chi connectivity index (χ0n) is 16.6. The Balaban J connectivity index is 1.81. The Labute approximate surface area is 176 Å². The molecule has 0 aliphatic heterocycles. The highest BCUT2D eigenvalue weighted by molar-refractivity contribution is 6.54. The van der Waals surface area contributed by atoms with Crippen LogP contribution in [0.15, 0.2) is 72.8 Å². The van der Waals surface area contributed by atoms with Gasteiger partial charge < -0.3 is 0 Å². The average Bonchev–Trinajstić information content (AvgIpc) is 3.31. The molecule has 0 N–H and O–H groups in total. The molecule has 0 radical (unpaired) electrons. The largest absolute Gasteiger partial charge is 0.0613 e. The van der Waals surface area contributed by atoms with Crippen molar-refractivity contribution in [2.45, 2.75) is 6.42 Å². The van der Waals surface area contributed by atoms with E-state index < -0.39 is 0 Å². The predicted molar refractivity (Wildman–Crippen MR) is 134 cm³/mol. The molecule has 0 heterocycles. The molecule has 9 aromatic rings. The van der Waals surface area contributed by atoms with Crippen LogP contribution in [0.1, 0.15) is 11.1 Å². The van der Waals surface area contributed by atoms with Gasteiger partial charge >= 0.3 is 0 Å². The lowest BCUT2D eigenvalue weighted by Gasteiger charge is -2.22. The van der Waals surface area contributed by atoms with Gasteiger partial charge in [0.05, 0.1) is 0 Å². The number of rotatable bonds is 0. The fourth-order valence-corrected chi connectivity index (χ4v) is 7.42. The van der Waals surface area contributed by atoms with Crippen LogP contribution in [-0.2, 0) is 6.42 Å². The second-order valence-corrected chi connectivity index (χ2v) is 9.63. The van der Waals surface area contributed by atoms with Crippen molar-refractivity contribution in [3.05, 3.63) is 83.9 Å². The summed E-state index contributed by atoms with van der Waals surface area (Å²) in [6.07, 6.45) is 1.03. The summed E-state index contributed by atoms with van der Waals surface area (Å²) in [6, 6.07) is 28.1. The lowest BCUT2D eigenvalue weighted by Crippen LogP contribution is -1.99. The summed E-state index contributed by atoms with van der Waals surface area (Å²) in [5.74, 6) is 0. The van der Waals surface area contributed by atoms with Gasteiger partial charge in [-0.3, -0.25) is 0 Å². The smallest absolute Gasteiger partial charge is 0.000114 e. The van der Waals surface area contributed by atoms with Gasteiger partial charge in [-0.1, -0.05) is 60.7 Å². The van der Waals surface area contributed by atoms with E-state index in [4.69, 9.17) is 0 Å². The van der Waals surface area contributed by atoms with E-state index in [1.807, 2.05) is 0 Å². The number of fused-ring (bicyclic) bond motifs is 2. The zero-order chi connectivity index (χ0) is 19.6. The summed E-state index contributed by atoms with van der Waals surface area (Å²) in [5.41, 5.74) is 2.98. The van der Waals surface area contributed by atoms with Crippen LogP contribution in [0.3, 0.4) is 0 Å². The third-order valence-electron chi connectivity index (χ3n) is 8.38. The van der Waals surface area contributed by atoms with Gasteiger partial charge in [0.25, 0.3) is 0 Å². The third-order valence-corrected chi connectivity index (χ3v) is 8.38. The van der Waals surface area contributed by atoms with Crippen LogP contribution in [0, 0.1) is 0 Å². The van der Waals surface area contributed by atoms with E-state index in [-0.39, 0.29) is 0 Å². The first-order chi connectivity index (χ1) is 15.4. The van der Waals surface area contributed by atoms with Gasteiger partial charge in [-0.15, -0.1) is 0 Å². The highest BCUT2D eigenvalue weighted by Gasteiger charge is 2.29. The minimum absolute atomic E-state index is 1.03. The molecule has 0 heteroatoms. The topological polar surface area (TPSA) is 0 Å². The normalized spacial score (nSPS) is 14.3. The quantitative estimate of drug-likeness (QED) is 0.229. The molecule has 0 amide bonds. The summed E-state index contributed by atoms with van der Waals surface area (Å²) in [5, 5.41) is 23.4. The van der Waals surface area contributed by atoms with Crippen molar-refractivity contribution < 1.29 is 0 Å². The SMILES string of the molecule is c1cc2c3c(c1)cc1c4cccc5cc6c7cccc8cc(c9c3c1c(c54)c6c9c87)C2. The molecule has 0 bridgehead atoms. The minimum atomic E-state index is 1.03. The molecular weight excluding hydrogens is 372 g/mol. The van der Waals surface area contributed by atoms with E-state index in [1.54, 1.807) is 0 Å². The first-order valence-corrected chi connectivity index (χ1v) is 11.2. The van der Waals surface area contributed by atoms with Crippen LogP contribution >= 0.6 is 0 Å². The number of hydrogen-bond donors (Lipinski definition) is 0. The molecule has 0 spiro atoms. The molecule has 0 nitrogen and oxygen atoms in total. The maximum atomic E-state index is 2.48. The molecule has 10 rings (SSSR count). The molecule has 0 atom stereocenters. The molecule has 0 saturated carbocycles. The van der Waals surface area contributed by atoms with Gasteiger partial charge in [-0.2, -0.15) is 0 Å². The minimum Gasteiger partial charge on any atom is -0.0613 e. The van der Waals surface area contributed by atoms with Gasteiger partial charge in [-0.05, 0) is 116 Å². The van der Waals surface area contributed by atoms with Crippen molar-refractivity contribution in [1.29, 1.82) is 0 Å². The standard InChI is InChI=1S/C31H14/c1-4-14-10-18-11-15-6-2-8-19-22-13-17-7-3-9-20-21-12-16(5-1)23(14)29-26(18)30(24(15)19)28(22)31(25(17)20)27(21)29/h1-9,11-13H,10H2. The fraction of sp³-hybridized carbons (Fsp3) is 0.0323. The molecule has 31 heavy (non-hydrogen) atoms. The Morgan fingerprint density at radius 2 is 0.903 bits per heavy atom. The molecule has 9 aromatic carbocycles. The Bertz CT molecular complexity index is 2210. The van der Waals surface area contributed by atoms with Gasteiger partial charge in [-0.25, -0.2) is 0 Å². The van der Waals surface area contributed by atoms with Crippen molar-refractivity contribution >= 4 is 86.2 Å². The second kappa shape index (κ2) is 4.13. The molecule has 0 aromatic heterocycles. The summed E-state index contributed by atoms with van der Waals surface area (Å²) in [4.78, 5) is 0. The van der Waals surface area contributed by atoms with Gasteiger partial charge in [0.15, 0.2) is 0 Å². The molecular formula is C31H14. The maximum absolute atomic E-state index is 2.48. The lowest BCUT2D eigenvalue weighted by atomic mass is 9.81. The predicted octanol–water partition coefficient (Wildman–Crippen LogP) is 8.57. The van der Waals surface area contributed by atoms with Crippen molar-refractivity contribution in [2.24, 2.45) is 0 Å². The maximum Gasteiger partial charge on any atom is -0.000114 e. The zero-order valence-corrected chi connectivity index (χ0v) is 16.6. The fourth-order valence-electron chi connectivity index (χ4n) is 7.42. The van der Waals surface area contributed by atoms with E-state index in [0.717, 1.165) is 6.42 Å². The van der Waals surface area contributed by atoms with Gasteiger partial charge in [0, 0.05) is 0 Å². The summed E-state index contributed by atoms with van der Waals surface area (Å²) in [6.45, 7) is 0. The van der Waals surface area contributed by atoms with Crippen LogP contribution < -0.4 is 0 Å². The van der Waals surface area contributed by atoms with Crippen molar-refractivity contribution in [1.82, 2.24) is 0 Å². The van der Waals surface area contributed by atoms with Crippen molar-refractivity contribution in [3.8, 4) is 0 Å². The van der Waals surface area contributed by atoms with Crippen LogP contribution in [0.25, 0.3) is 86.2 Å². The Morgan fingerprint density at radius 1 is 0.355 bits per heavy atom. The Hall–Kier alpha value is -3.90. The molecule has 1 aliphatic carbocycles. The van der Waals surface area contributed by atoms with Crippen molar-refractivity contribution in [3.63, 3.8) is 0 Å². The average molecular weight is 386 g/mol. The van der Waals surface area contributed by atoms with Crippen molar-refractivity contribution in [2.75, 3.05) is 0 Å². The third kappa shape index (κ3) is 1.25. The highest BCUT2D eigenvalue weighted by Crippen LogP contribution is 2.57. The Morgan fingerprint density at radius 3 is 1.61 bits per heavy atom. The molecule has 0 saturated heterocycles. The number of hydrogen-bond acceptors (Lipinski definition) is 0. The summed E-state index contributed by atoms with van der Waals surface area (Å²) >= 11 is 0. The van der Waals surface area contributed by atoms with E-state index in [0.29, 0.717) is 0 Å². The van der Waals surface area contributed by atoms with Crippen LogP contribution in [-0.4, -0.2) is 0 Å². The van der Waals surface area contributed by atoms with Gasteiger partial charge in [0.1, 0.15) is 0 Å². The molecule has 1 aliphatic rings. The molecule has 0 fully saturated rings. The Kier molecular flexibility index (Phi) is 1.89. The lowest BCUT2D eigenvalue weighted by molar-refractivity contribution is 1.24. The second-order valence-electron chi connectivity index (χ2n) is 9.63. The summed E-state index contributed by atoms with van der Waals surface area (Å²) < 4.78 is 0. The highest BCUT2D eigenvalue weighted by atomic mass is 14.3. The molecule has 138 valence electrons. The molecule has 0 unspecified atom stereocenters. The van der Waals surface area contributed by atoms with Crippen LogP contribution in [0.5, 0.6) is 0 Å². The number of benzene rings is 7. The van der Waals surface area contributed by atoms with Crippen LogP contribution in [0.2, 0.25) is 0 Å². The summed E-state index contributed by atoms with van der Waals surface area (Å²) in [7, 11) is 0. The first kappa shape index (κ1) is 14.2. The monoisotopic (exact) mass is 386 g/mol. The van der Waals surface area contributed by atoms with E-state index in [9.17, 15) is 0 Å². The van der Waals surface area contributed by atoms with Crippen LogP contribution in [0.4, 0.5) is 0 Å². The van der Waals surface area contributed by atoms with E-state index in [2.05, 4.69) is 72.8 Å².